The molecule has 0 unspecified atom stereocenters. The van der Waals surface area contributed by atoms with E-state index in [0.717, 1.165) is 16.7 Å². The molecule has 0 bridgehead atoms. The predicted molar refractivity (Wildman–Crippen MR) is 118 cm³/mol. The van der Waals surface area contributed by atoms with E-state index in [-0.39, 0.29) is 5.91 Å². The molecule has 1 heterocycles. The largest absolute Gasteiger partial charge is 0.497 e. The van der Waals surface area contributed by atoms with Gasteiger partial charge in [-0.05, 0) is 36.8 Å². The van der Waals surface area contributed by atoms with Crippen LogP contribution in [0, 0.1) is 6.92 Å². The Bertz CT molecular complexity index is 1150. The fourth-order valence-electron chi connectivity index (χ4n) is 3.25. The van der Waals surface area contributed by atoms with Crippen molar-refractivity contribution in [1.29, 1.82) is 0 Å². The molecule has 0 aliphatic rings. The molecule has 0 fully saturated rings. The molecule has 31 heavy (non-hydrogen) atoms. The van der Waals surface area contributed by atoms with Crippen molar-refractivity contribution in [3.05, 3.63) is 101 Å². The topological polar surface area (TPSA) is 77.3 Å². The van der Waals surface area contributed by atoms with E-state index in [1.165, 1.54) is 0 Å². The van der Waals surface area contributed by atoms with Crippen LogP contribution in [0.2, 0.25) is 0 Å². The number of hydrogen-bond donors (Lipinski definition) is 1. The first-order valence-electron chi connectivity index (χ1n) is 10.0. The van der Waals surface area contributed by atoms with E-state index in [1.54, 1.807) is 19.2 Å². The Labute approximate surface area is 180 Å². The fraction of sp³-hybridized carbons (Fsp3) is 0.160. The molecule has 156 valence electrons. The van der Waals surface area contributed by atoms with Crippen LogP contribution in [0.4, 0.5) is 0 Å². The van der Waals surface area contributed by atoms with Gasteiger partial charge in [0.15, 0.2) is 0 Å². The average molecular weight is 413 g/mol. The summed E-state index contributed by atoms with van der Waals surface area (Å²) in [5.74, 6) is 1.30. The highest BCUT2D eigenvalue weighted by molar-refractivity contribution is 5.94. The lowest BCUT2D eigenvalue weighted by Crippen LogP contribution is -2.30. The Balaban J connectivity index is 1.61. The highest BCUT2D eigenvalue weighted by atomic mass is 16.5. The number of amides is 1. The van der Waals surface area contributed by atoms with E-state index in [2.05, 4.69) is 15.5 Å². The van der Waals surface area contributed by atoms with E-state index in [0.29, 0.717) is 29.4 Å². The normalized spacial score (nSPS) is 11.7. The second-order valence-electron chi connectivity index (χ2n) is 7.27. The number of carbonyl (C=O) groups excluding carboxylic acids is 1. The lowest BCUT2D eigenvalue weighted by Gasteiger charge is -2.15. The van der Waals surface area contributed by atoms with Gasteiger partial charge >= 0.3 is 0 Å². The van der Waals surface area contributed by atoms with Gasteiger partial charge in [0.1, 0.15) is 11.8 Å². The van der Waals surface area contributed by atoms with Crippen molar-refractivity contribution < 1.29 is 14.1 Å². The molecule has 0 radical (unpaired) electrons. The lowest BCUT2D eigenvalue weighted by atomic mass is 10.0. The Hall–Kier alpha value is -3.93. The van der Waals surface area contributed by atoms with E-state index < -0.39 is 6.04 Å². The highest BCUT2D eigenvalue weighted by Crippen LogP contribution is 2.24. The van der Waals surface area contributed by atoms with Crippen LogP contribution in [0.5, 0.6) is 5.75 Å². The van der Waals surface area contributed by atoms with E-state index in [1.807, 2.05) is 73.7 Å². The summed E-state index contributed by atoms with van der Waals surface area (Å²) in [5.41, 5.74) is 3.50. The van der Waals surface area contributed by atoms with E-state index in [9.17, 15) is 4.79 Å². The highest BCUT2D eigenvalue weighted by Gasteiger charge is 2.23. The molecule has 3 aromatic carbocycles. The van der Waals surface area contributed by atoms with Crippen LogP contribution in [0.3, 0.4) is 0 Å². The number of benzene rings is 3. The van der Waals surface area contributed by atoms with Crippen molar-refractivity contribution in [3.8, 4) is 17.1 Å². The number of aromatic nitrogens is 2. The molecule has 4 aromatic rings. The number of nitrogens with one attached hydrogen (secondary N) is 1. The van der Waals surface area contributed by atoms with Crippen LogP contribution in [-0.2, 0) is 6.42 Å². The summed E-state index contributed by atoms with van der Waals surface area (Å²) < 4.78 is 10.8. The average Bonchev–Trinajstić information content (AvgIpc) is 3.30. The predicted octanol–water partition coefficient (Wildman–Crippen LogP) is 4.77. The fourth-order valence-corrected chi connectivity index (χ4v) is 3.25. The Morgan fingerprint density at radius 2 is 1.81 bits per heavy atom. The second kappa shape index (κ2) is 9.26. The number of rotatable bonds is 7. The maximum atomic E-state index is 12.9. The molecule has 0 saturated heterocycles. The van der Waals surface area contributed by atoms with Crippen LogP contribution >= 0.6 is 0 Å². The molecule has 0 saturated carbocycles. The summed E-state index contributed by atoms with van der Waals surface area (Å²) in [4.78, 5) is 17.4. The maximum Gasteiger partial charge on any atom is 0.251 e. The number of ether oxygens (including phenoxy) is 1. The zero-order valence-corrected chi connectivity index (χ0v) is 17.4. The molecular weight excluding hydrogens is 390 g/mol. The number of nitrogens with zero attached hydrogens (tertiary/aromatic N) is 2. The minimum absolute atomic E-state index is 0.193. The quantitative estimate of drug-likeness (QED) is 0.472. The lowest BCUT2D eigenvalue weighted by molar-refractivity contribution is 0.0928. The van der Waals surface area contributed by atoms with Gasteiger partial charge < -0.3 is 14.6 Å². The first-order chi connectivity index (χ1) is 15.1. The molecule has 6 heteroatoms. The number of carbonyl (C=O) groups is 1. The first kappa shape index (κ1) is 20.3. The molecule has 1 aromatic heterocycles. The van der Waals surface area contributed by atoms with Crippen LogP contribution in [0.15, 0.2) is 83.4 Å². The van der Waals surface area contributed by atoms with Gasteiger partial charge in [-0.1, -0.05) is 65.3 Å². The van der Waals surface area contributed by atoms with Gasteiger partial charge in [0.2, 0.25) is 11.7 Å². The monoisotopic (exact) mass is 413 g/mol. The van der Waals surface area contributed by atoms with Crippen LogP contribution in [0.1, 0.15) is 33.4 Å². The third-order valence-electron chi connectivity index (χ3n) is 4.97. The Kier molecular flexibility index (Phi) is 6.08. The summed E-state index contributed by atoms with van der Waals surface area (Å²) in [5, 5.41) is 7.17. The minimum atomic E-state index is -0.469. The minimum Gasteiger partial charge on any atom is -0.497 e. The van der Waals surface area contributed by atoms with Crippen molar-refractivity contribution in [3.63, 3.8) is 0 Å². The molecule has 0 aliphatic heterocycles. The zero-order valence-electron chi connectivity index (χ0n) is 17.4. The van der Waals surface area contributed by atoms with Crippen molar-refractivity contribution in [2.24, 2.45) is 0 Å². The number of hydrogen-bond acceptors (Lipinski definition) is 5. The molecule has 0 aliphatic carbocycles. The smallest absolute Gasteiger partial charge is 0.251 e. The Morgan fingerprint density at radius 1 is 1.03 bits per heavy atom. The van der Waals surface area contributed by atoms with Crippen LogP contribution in [0.25, 0.3) is 11.4 Å². The first-order valence-corrected chi connectivity index (χ1v) is 10.0. The summed E-state index contributed by atoms with van der Waals surface area (Å²) in [6.07, 6.45) is 0.526. The second-order valence-corrected chi connectivity index (χ2v) is 7.27. The molecule has 4 rings (SSSR count). The van der Waals surface area contributed by atoms with Crippen LogP contribution < -0.4 is 10.1 Å². The van der Waals surface area contributed by atoms with Gasteiger partial charge in [-0.3, -0.25) is 4.79 Å². The van der Waals surface area contributed by atoms with E-state index in [4.69, 9.17) is 9.26 Å². The molecule has 1 atom stereocenters. The standard InChI is InChI=1S/C25H23N3O3/c1-17-11-13-19(14-12-17)24(29)26-22(15-18-7-4-3-5-8-18)25-27-23(28-31-25)20-9-6-10-21(16-20)30-2/h3-14,16,22H,15H2,1-2H3,(H,26,29)/t22-/m0/s1. The van der Waals surface area contributed by atoms with Crippen molar-refractivity contribution in [2.45, 2.75) is 19.4 Å². The van der Waals surface area contributed by atoms with Gasteiger partial charge in [-0.25, -0.2) is 0 Å². The van der Waals surface area contributed by atoms with Crippen molar-refractivity contribution in [1.82, 2.24) is 15.5 Å². The van der Waals surface area contributed by atoms with Crippen LogP contribution in [-0.4, -0.2) is 23.2 Å². The van der Waals surface area contributed by atoms with Gasteiger partial charge in [0.25, 0.3) is 5.91 Å². The summed E-state index contributed by atoms with van der Waals surface area (Å²) in [6.45, 7) is 1.98. The number of aryl methyl sites for hydroxylation is 1. The van der Waals surface area contributed by atoms with Gasteiger partial charge in [-0.15, -0.1) is 0 Å². The van der Waals surface area contributed by atoms with Crippen molar-refractivity contribution in [2.75, 3.05) is 7.11 Å². The third-order valence-corrected chi connectivity index (χ3v) is 4.97. The SMILES string of the molecule is COc1cccc(-c2noc([C@H](Cc3ccccc3)NC(=O)c3ccc(C)cc3)n2)c1. The van der Waals surface area contributed by atoms with Gasteiger partial charge in [-0.2, -0.15) is 4.98 Å². The van der Waals surface area contributed by atoms with E-state index >= 15 is 0 Å². The van der Waals surface area contributed by atoms with Gasteiger partial charge in [0.05, 0.1) is 7.11 Å². The molecule has 1 N–H and O–H groups in total. The summed E-state index contributed by atoms with van der Waals surface area (Å²) in [6, 6.07) is 24.3. The number of methoxy groups -OCH3 is 1. The molecule has 0 spiro atoms. The molecular formula is C25H23N3O3. The molecule has 1 amide bonds. The van der Waals surface area contributed by atoms with Gasteiger partial charge in [0, 0.05) is 17.5 Å². The summed E-state index contributed by atoms with van der Waals surface area (Å²) >= 11 is 0. The third kappa shape index (κ3) is 4.98. The summed E-state index contributed by atoms with van der Waals surface area (Å²) in [7, 11) is 1.61. The Morgan fingerprint density at radius 3 is 2.55 bits per heavy atom. The zero-order chi connectivity index (χ0) is 21.6. The van der Waals surface area contributed by atoms with Crippen molar-refractivity contribution >= 4 is 5.91 Å². The molecule has 6 nitrogen and oxygen atoms in total. The maximum absolute atomic E-state index is 12.9.